The summed E-state index contributed by atoms with van der Waals surface area (Å²) in [7, 11) is 3.20. The van der Waals surface area contributed by atoms with Crippen LogP contribution in [0.5, 0.6) is 28.9 Å². The predicted molar refractivity (Wildman–Crippen MR) is 124 cm³/mol. The number of ether oxygens (including phenoxy) is 3. The minimum atomic E-state index is 0. The van der Waals surface area contributed by atoms with Crippen LogP contribution in [0.3, 0.4) is 0 Å². The van der Waals surface area contributed by atoms with Gasteiger partial charge in [0.05, 0.1) is 14.2 Å². The first-order valence-electron chi connectivity index (χ1n) is 9.65. The zero-order chi connectivity index (χ0) is 21.1. The average Bonchev–Trinajstić information content (AvgIpc) is 2.77. The number of aryl methyl sites for hydroxylation is 1. The molecule has 3 aromatic carbocycles. The number of aromatic nitrogens is 1. The number of aromatic hydroxyl groups is 1. The number of halogens is 1. The molecule has 0 aliphatic carbocycles. The molecule has 0 spiro atoms. The number of pyridine rings is 1. The lowest BCUT2D eigenvalue weighted by molar-refractivity contribution is 0.355. The van der Waals surface area contributed by atoms with Gasteiger partial charge in [0.15, 0.2) is 11.5 Å². The molecule has 0 aliphatic heterocycles. The molecular formula is C25H24ClNO4. The first-order chi connectivity index (χ1) is 14.6. The largest absolute Gasteiger partial charge is 0.493 e. The number of benzene rings is 3. The van der Waals surface area contributed by atoms with E-state index in [1.165, 1.54) is 0 Å². The van der Waals surface area contributed by atoms with Crippen molar-refractivity contribution in [2.75, 3.05) is 14.2 Å². The molecule has 4 rings (SSSR count). The van der Waals surface area contributed by atoms with Gasteiger partial charge in [-0.15, -0.1) is 12.4 Å². The van der Waals surface area contributed by atoms with Crippen molar-refractivity contribution in [1.29, 1.82) is 0 Å². The molecule has 5 nitrogen and oxygen atoms in total. The Morgan fingerprint density at radius 3 is 2.00 bits per heavy atom. The molecular weight excluding hydrogens is 414 g/mol. The van der Waals surface area contributed by atoms with Crippen LogP contribution in [0.25, 0.3) is 10.8 Å². The molecule has 0 radical (unpaired) electrons. The van der Waals surface area contributed by atoms with E-state index in [0.29, 0.717) is 17.9 Å². The molecule has 0 aliphatic rings. The Bertz CT molecular complexity index is 1180. The molecule has 6 heteroatoms. The van der Waals surface area contributed by atoms with Crippen LogP contribution in [0.1, 0.15) is 16.8 Å². The third-order valence-corrected chi connectivity index (χ3v) is 5.07. The maximum atomic E-state index is 10.6. The number of fused-ring (bicyclic) bond motifs is 1. The van der Waals surface area contributed by atoms with Gasteiger partial charge in [0.1, 0.15) is 11.5 Å². The highest BCUT2D eigenvalue weighted by Gasteiger charge is 2.16. The van der Waals surface area contributed by atoms with Gasteiger partial charge in [-0.25, -0.2) is 4.98 Å². The van der Waals surface area contributed by atoms with Gasteiger partial charge in [0.2, 0.25) is 5.88 Å². The molecule has 31 heavy (non-hydrogen) atoms. The second-order valence-electron chi connectivity index (χ2n) is 6.99. The second-order valence-corrected chi connectivity index (χ2v) is 6.99. The van der Waals surface area contributed by atoms with Crippen LogP contribution in [-0.4, -0.2) is 24.3 Å². The zero-order valence-corrected chi connectivity index (χ0v) is 18.4. The van der Waals surface area contributed by atoms with Gasteiger partial charge in [0.25, 0.3) is 0 Å². The average molecular weight is 438 g/mol. The summed E-state index contributed by atoms with van der Waals surface area (Å²) in [4.78, 5) is 4.34. The molecule has 0 fully saturated rings. The lowest BCUT2D eigenvalue weighted by Gasteiger charge is -2.15. The molecule has 1 N–H and O–H groups in total. The van der Waals surface area contributed by atoms with Crippen LogP contribution < -0.4 is 14.2 Å². The van der Waals surface area contributed by atoms with Crippen molar-refractivity contribution in [2.24, 2.45) is 0 Å². The molecule has 0 atom stereocenters. The summed E-state index contributed by atoms with van der Waals surface area (Å²) in [5.41, 5.74) is 2.51. The Balaban J connectivity index is 0.00000272. The number of nitrogens with zero attached hydrogens (tertiary/aromatic N) is 1. The molecule has 1 heterocycles. The fourth-order valence-electron chi connectivity index (χ4n) is 3.51. The maximum absolute atomic E-state index is 10.6. The third kappa shape index (κ3) is 4.67. The van der Waals surface area contributed by atoms with Crippen LogP contribution >= 0.6 is 12.4 Å². The number of methoxy groups -OCH3 is 2. The van der Waals surface area contributed by atoms with E-state index in [1.807, 2.05) is 73.7 Å². The monoisotopic (exact) mass is 437 g/mol. The smallest absolute Gasteiger partial charge is 0.215 e. The number of hydrogen-bond acceptors (Lipinski definition) is 5. The highest BCUT2D eigenvalue weighted by atomic mass is 35.5. The Labute approximate surface area is 187 Å². The van der Waals surface area contributed by atoms with E-state index in [-0.39, 0.29) is 18.3 Å². The van der Waals surface area contributed by atoms with Crippen molar-refractivity contribution in [3.05, 3.63) is 83.6 Å². The summed E-state index contributed by atoms with van der Waals surface area (Å²) in [6.45, 7) is 1.87. The van der Waals surface area contributed by atoms with Gasteiger partial charge in [-0.1, -0.05) is 30.3 Å². The standard InChI is InChI=1S/C25H23NO4.ClH/c1-16-20-14-23(28-2)24(29-3)15-21(20)22(25(27)26-16)13-17-9-11-19(12-10-17)30-18-7-5-4-6-8-18;/h4-12,14-15H,13H2,1-3H3,(H,26,27);1H. The number of hydrogen-bond donors (Lipinski definition) is 1. The van der Waals surface area contributed by atoms with Crippen molar-refractivity contribution in [3.8, 4) is 28.9 Å². The lowest BCUT2D eigenvalue weighted by atomic mass is 9.98. The van der Waals surface area contributed by atoms with Crippen LogP contribution in [0.15, 0.2) is 66.7 Å². The van der Waals surface area contributed by atoms with E-state index in [0.717, 1.165) is 39.1 Å². The maximum Gasteiger partial charge on any atom is 0.215 e. The summed E-state index contributed by atoms with van der Waals surface area (Å²) in [6.07, 6.45) is 0.525. The van der Waals surface area contributed by atoms with E-state index in [2.05, 4.69) is 4.98 Å². The Morgan fingerprint density at radius 2 is 1.39 bits per heavy atom. The molecule has 160 valence electrons. The first kappa shape index (κ1) is 22.2. The highest BCUT2D eigenvalue weighted by molar-refractivity contribution is 5.92. The molecule has 0 bridgehead atoms. The van der Waals surface area contributed by atoms with Gasteiger partial charge in [-0.2, -0.15) is 0 Å². The van der Waals surface area contributed by atoms with Gasteiger partial charge in [-0.05, 0) is 54.3 Å². The second kappa shape index (κ2) is 9.58. The van der Waals surface area contributed by atoms with Crippen molar-refractivity contribution in [3.63, 3.8) is 0 Å². The SMILES string of the molecule is COc1cc2c(C)nc(O)c(Cc3ccc(Oc4ccccc4)cc3)c2cc1OC.Cl. The molecule has 0 unspecified atom stereocenters. The topological polar surface area (TPSA) is 60.8 Å². The predicted octanol–water partition coefficient (Wildman–Crippen LogP) is 6.07. The summed E-state index contributed by atoms with van der Waals surface area (Å²) in [5, 5.41) is 12.4. The molecule has 4 aromatic rings. The minimum absolute atomic E-state index is 0. The van der Waals surface area contributed by atoms with Crippen LogP contribution in [0.2, 0.25) is 0 Å². The fraction of sp³-hybridized carbons (Fsp3) is 0.160. The normalized spacial score (nSPS) is 10.4. The number of rotatable bonds is 6. The van der Waals surface area contributed by atoms with Gasteiger partial charge < -0.3 is 19.3 Å². The van der Waals surface area contributed by atoms with Crippen molar-refractivity contribution >= 4 is 23.2 Å². The van der Waals surface area contributed by atoms with Crippen molar-refractivity contribution in [1.82, 2.24) is 4.98 Å². The van der Waals surface area contributed by atoms with E-state index in [1.54, 1.807) is 14.2 Å². The number of para-hydroxylation sites is 1. The summed E-state index contributed by atoms with van der Waals surface area (Å²) >= 11 is 0. The molecule has 0 amide bonds. The third-order valence-electron chi connectivity index (χ3n) is 5.07. The van der Waals surface area contributed by atoms with E-state index in [4.69, 9.17) is 14.2 Å². The molecule has 0 saturated heterocycles. The molecule has 0 saturated carbocycles. The first-order valence-corrected chi connectivity index (χ1v) is 9.65. The fourth-order valence-corrected chi connectivity index (χ4v) is 3.51. The Morgan fingerprint density at radius 1 is 0.806 bits per heavy atom. The lowest BCUT2D eigenvalue weighted by Crippen LogP contribution is -1.98. The van der Waals surface area contributed by atoms with E-state index >= 15 is 0 Å². The van der Waals surface area contributed by atoms with Crippen LogP contribution in [0.4, 0.5) is 0 Å². The van der Waals surface area contributed by atoms with Crippen molar-refractivity contribution in [2.45, 2.75) is 13.3 Å². The summed E-state index contributed by atoms with van der Waals surface area (Å²) in [6, 6.07) is 21.3. The Kier molecular flexibility index (Phi) is 6.88. The minimum Gasteiger partial charge on any atom is -0.493 e. The van der Waals surface area contributed by atoms with Crippen LogP contribution in [0, 0.1) is 6.92 Å². The quantitative estimate of drug-likeness (QED) is 0.396. The summed E-state index contributed by atoms with van der Waals surface area (Å²) in [5.74, 6) is 2.82. The van der Waals surface area contributed by atoms with Gasteiger partial charge in [0, 0.05) is 23.1 Å². The molecule has 1 aromatic heterocycles. The van der Waals surface area contributed by atoms with Gasteiger partial charge in [-0.3, -0.25) is 0 Å². The van der Waals surface area contributed by atoms with E-state index < -0.39 is 0 Å². The Hall–Kier alpha value is -3.44. The van der Waals surface area contributed by atoms with Crippen molar-refractivity contribution < 1.29 is 19.3 Å². The summed E-state index contributed by atoms with van der Waals surface area (Å²) < 4.78 is 16.7. The van der Waals surface area contributed by atoms with E-state index in [9.17, 15) is 5.11 Å². The van der Waals surface area contributed by atoms with Crippen LogP contribution in [-0.2, 0) is 6.42 Å². The highest BCUT2D eigenvalue weighted by Crippen LogP contribution is 2.38. The van der Waals surface area contributed by atoms with Gasteiger partial charge >= 0.3 is 0 Å². The zero-order valence-electron chi connectivity index (χ0n) is 17.6.